The summed E-state index contributed by atoms with van der Waals surface area (Å²) in [5, 5.41) is 5.40. The first-order chi connectivity index (χ1) is 17.2. The van der Waals surface area contributed by atoms with Gasteiger partial charge in [0.2, 0.25) is 11.8 Å². The lowest BCUT2D eigenvalue weighted by Gasteiger charge is -2.23. The van der Waals surface area contributed by atoms with Gasteiger partial charge in [-0.25, -0.2) is 4.79 Å². The average molecular weight is 502 g/mol. The summed E-state index contributed by atoms with van der Waals surface area (Å²) in [4.78, 5) is 54.5. The monoisotopic (exact) mass is 501 g/mol. The molecule has 11 nitrogen and oxygen atoms in total. The van der Waals surface area contributed by atoms with E-state index in [1.54, 1.807) is 24.3 Å². The van der Waals surface area contributed by atoms with Gasteiger partial charge in [0, 0.05) is 25.8 Å². The maximum atomic E-state index is 13.3. The van der Waals surface area contributed by atoms with Crippen LogP contribution in [0.4, 0.5) is 0 Å². The van der Waals surface area contributed by atoms with Crippen molar-refractivity contribution in [1.82, 2.24) is 10.6 Å². The number of amides is 2. The van der Waals surface area contributed by atoms with Crippen molar-refractivity contribution < 1.29 is 28.7 Å². The van der Waals surface area contributed by atoms with Crippen LogP contribution in [0.5, 0.6) is 5.75 Å². The van der Waals surface area contributed by atoms with Crippen molar-refractivity contribution >= 4 is 29.5 Å². The quantitative estimate of drug-likeness (QED) is 0.142. The average Bonchev–Trinajstić information content (AvgIpc) is 2.84. The van der Waals surface area contributed by atoms with Gasteiger partial charge in [-0.1, -0.05) is 24.3 Å². The van der Waals surface area contributed by atoms with Crippen molar-refractivity contribution in [3.8, 4) is 5.75 Å². The summed E-state index contributed by atoms with van der Waals surface area (Å²) in [6.45, 7) is 1.88. The molecule has 1 aromatic carbocycles. The molecule has 2 bridgehead atoms. The normalized spacial score (nSPS) is 21.9. The summed E-state index contributed by atoms with van der Waals surface area (Å²) >= 11 is 0. The third-order valence-corrected chi connectivity index (χ3v) is 5.64. The zero-order chi connectivity index (χ0) is 26.5. The van der Waals surface area contributed by atoms with Gasteiger partial charge in [-0.15, -0.1) is 0 Å². The van der Waals surface area contributed by atoms with E-state index in [0.717, 1.165) is 5.56 Å². The number of methoxy groups -OCH3 is 1. The van der Waals surface area contributed by atoms with Crippen LogP contribution in [-0.4, -0.2) is 61.9 Å². The van der Waals surface area contributed by atoms with E-state index in [0.29, 0.717) is 18.6 Å². The Labute approximate surface area is 210 Å². The van der Waals surface area contributed by atoms with E-state index < -0.39 is 29.9 Å². The second-order valence-corrected chi connectivity index (χ2v) is 8.52. The standard InChI is InChI=1S/C25H35N5O6/c1-16(31)29-21-14-17-8-10-19(11-9-17)36-13-4-3-7-20(24(34)35-2)30-23(33)18(15-22(21)32)6-5-12-28-25(26)27/h3-4,8-11,18,20-21H,5-7,12-15H2,1-2H3,(H,29,31)(H,30,33)(H4,26,27,28)/b4-3-/t18-,20+,21-/m0/s1. The predicted molar refractivity (Wildman–Crippen MR) is 134 cm³/mol. The Morgan fingerprint density at radius 3 is 2.53 bits per heavy atom. The molecule has 3 atom stereocenters. The Kier molecular flexibility index (Phi) is 11.4. The van der Waals surface area contributed by atoms with Crippen LogP contribution < -0.4 is 26.8 Å². The van der Waals surface area contributed by atoms with Crippen molar-refractivity contribution in [2.24, 2.45) is 22.4 Å². The zero-order valence-electron chi connectivity index (χ0n) is 20.7. The Morgan fingerprint density at radius 2 is 1.89 bits per heavy atom. The first-order valence-corrected chi connectivity index (χ1v) is 11.8. The highest BCUT2D eigenvalue weighted by molar-refractivity contribution is 5.93. The molecule has 1 aromatic rings. The maximum absolute atomic E-state index is 13.3. The molecule has 0 fully saturated rings. The van der Waals surface area contributed by atoms with E-state index in [4.69, 9.17) is 20.9 Å². The second kappa shape index (κ2) is 14.5. The Balaban J connectivity index is 2.34. The minimum absolute atomic E-state index is 0.0669. The predicted octanol–water partition coefficient (Wildman–Crippen LogP) is 0.359. The van der Waals surface area contributed by atoms with E-state index >= 15 is 0 Å². The van der Waals surface area contributed by atoms with E-state index in [2.05, 4.69) is 15.6 Å². The number of ether oxygens (including phenoxy) is 2. The Bertz CT molecular complexity index is 972. The Hall–Kier alpha value is -3.89. The van der Waals surface area contributed by atoms with Crippen LogP contribution in [0.3, 0.4) is 0 Å². The summed E-state index contributed by atoms with van der Waals surface area (Å²) in [5.74, 6) is -1.93. The number of carbonyl (C=O) groups is 4. The molecule has 6 N–H and O–H groups in total. The summed E-state index contributed by atoms with van der Waals surface area (Å²) in [6, 6.07) is 5.46. The number of aliphatic imine (C=N–C) groups is 1. The van der Waals surface area contributed by atoms with Crippen molar-refractivity contribution in [3.05, 3.63) is 42.0 Å². The van der Waals surface area contributed by atoms with Crippen LogP contribution in [0.2, 0.25) is 0 Å². The van der Waals surface area contributed by atoms with Crippen molar-refractivity contribution in [3.63, 3.8) is 0 Å². The van der Waals surface area contributed by atoms with Gasteiger partial charge in [-0.3, -0.25) is 19.4 Å². The number of fused-ring (bicyclic) bond motifs is 13. The van der Waals surface area contributed by atoms with Crippen molar-refractivity contribution in [2.75, 3.05) is 20.3 Å². The van der Waals surface area contributed by atoms with Crippen LogP contribution in [-0.2, 0) is 30.3 Å². The van der Waals surface area contributed by atoms with Gasteiger partial charge in [0.25, 0.3) is 0 Å². The smallest absolute Gasteiger partial charge is 0.328 e. The first-order valence-electron chi connectivity index (χ1n) is 11.8. The second-order valence-electron chi connectivity index (χ2n) is 8.52. The number of nitrogens with zero attached hydrogens (tertiary/aromatic N) is 1. The van der Waals surface area contributed by atoms with Crippen LogP contribution in [0.1, 0.15) is 38.2 Å². The lowest BCUT2D eigenvalue weighted by Crippen LogP contribution is -2.46. The van der Waals surface area contributed by atoms with Crippen LogP contribution >= 0.6 is 0 Å². The topological polar surface area (TPSA) is 175 Å². The molecule has 3 rings (SSSR count). The van der Waals surface area contributed by atoms with Gasteiger partial charge >= 0.3 is 5.97 Å². The van der Waals surface area contributed by atoms with E-state index in [1.807, 2.05) is 12.1 Å². The molecule has 0 saturated carbocycles. The molecule has 11 heteroatoms. The third kappa shape index (κ3) is 9.77. The number of hydrogen-bond donors (Lipinski definition) is 4. The number of guanidine groups is 1. The fourth-order valence-corrected chi connectivity index (χ4v) is 3.80. The minimum Gasteiger partial charge on any atom is -0.490 e. The van der Waals surface area contributed by atoms with Gasteiger partial charge in [0.05, 0.1) is 13.2 Å². The number of hydrogen-bond acceptors (Lipinski definition) is 7. The number of Topliss-reactive ketones (excluding diaryl/α,β-unsaturated/α-hetero) is 1. The number of rotatable bonds is 6. The van der Waals surface area contributed by atoms with Crippen LogP contribution in [0, 0.1) is 5.92 Å². The molecule has 0 radical (unpaired) electrons. The van der Waals surface area contributed by atoms with E-state index in [9.17, 15) is 19.2 Å². The van der Waals surface area contributed by atoms with Gasteiger partial charge < -0.3 is 31.6 Å². The highest BCUT2D eigenvalue weighted by Gasteiger charge is 2.30. The van der Waals surface area contributed by atoms with Gasteiger partial charge in [-0.05, 0) is 43.4 Å². The molecule has 0 unspecified atom stereocenters. The molecule has 2 aliphatic rings. The third-order valence-electron chi connectivity index (χ3n) is 5.64. The Morgan fingerprint density at radius 1 is 1.17 bits per heavy atom. The summed E-state index contributed by atoms with van der Waals surface area (Å²) < 4.78 is 10.5. The number of esters is 1. The molecule has 0 spiro atoms. The molecular weight excluding hydrogens is 466 g/mol. The molecule has 0 aromatic heterocycles. The zero-order valence-corrected chi connectivity index (χ0v) is 20.7. The number of ketones is 1. The largest absolute Gasteiger partial charge is 0.490 e. The van der Waals surface area contributed by atoms with E-state index in [-0.39, 0.29) is 50.1 Å². The number of carbonyl (C=O) groups excluding carboxylic acids is 4. The number of nitrogens with two attached hydrogens (primary N) is 2. The van der Waals surface area contributed by atoms with Crippen molar-refractivity contribution in [1.29, 1.82) is 0 Å². The molecule has 0 aliphatic carbocycles. The first kappa shape index (κ1) is 28.3. The molecule has 2 aliphatic heterocycles. The summed E-state index contributed by atoms with van der Waals surface area (Å²) in [5.41, 5.74) is 11.6. The van der Waals surface area contributed by atoms with E-state index in [1.165, 1.54) is 14.0 Å². The van der Waals surface area contributed by atoms with Crippen molar-refractivity contribution in [2.45, 2.75) is 51.1 Å². The highest BCUT2D eigenvalue weighted by atomic mass is 16.5. The summed E-state index contributed by atoms with van der Waals surface area (Å²) in [7, 11) is 1.24. The number of nitrogens with one attached hydrogen (secondary N) is 2. The molecule has 2 heterocycles. The fourth-order valence-electron chi connectivity index (χ4n) is 3.80. The highest BCUT2D eigenvalue weighted by Crippen LogP contribution is 2.18. The molecule has 0 saturated heterocycles. The van der Waals surface area contributed by atoms with Crippen LogP contribution in [0.25, 0.3) is 0 Å². The SMILES string of the molecule is COC(=O)[C@H]1C/C=C\COc2ccc(cc2)C[C@H](NC(C)=O)C(=O)C[C@H](CCCN=C(N)N)C(=O)N1. The molecule has 2 amide bonds. The van der Waals surface area contributed by atoms with Gasteiger partial charge in [0.1, 0.15) is 18.4 Å². The fraction of sp³-hybridized carbons (Fsp3) is 0.480. The molecular formula is C25H35N5O6. The lowest BCUT2D eigenvalue weighted by atomic mass is 9.90. The van der Waals surface area contributed by atoms with Gasteiger partial charge in [-0.2, -0.15) is 0 Å². The summed E-state index contributed by atoms with van der Waals surface area (Å²) in [6.07, 6.45) is 4.51. The van der Waals surface area contributed by atoms with Crippen LogP contribution in [0.15, 0.2) is 41.4 Å². The molecule has 36 heavy (non-hydrogen) atoms. The number of benzene rings is 1. The minimum atomic E-state index is -0.935. The van der Waals surface area contributed by atoms with Gasteiger partial charge in [0.15, 0.2) is 11.7 Å². The molecule has 196 valence electrons. The lowest BCUT2D eigenvalue weighted by molar-refractivity contribution is -0.145. The maximum Gasteiger partial charge on any atom is 0.328 e.